The molecule has 0 saturated carbocycles. The number of benzene rings is 1. The van der Waals surface area contributed by atoms with E-state index in [1.54, 1.807) is 25.6 Å². The van der Waals surface area contributed by atoms with E-state index in [9.17, 15) is 0 Å². The van der Waals surface area contributed by atoms with E-state index in [4.69, 9.17) is 20.9 Å². The first-order chi connectivity index (χ1) is 9.19. The summed E-state index contributed by atoms with van der Waals surface area (Å²) in [6, 6.07) is 5.48. The molecule has 1 aromatic carbocycles. The zero-order valence-corrected chi connectivity index (χ0v) is 11.0. The van der Waals surface area contributed by atoms with Gasteiger partial charge in [-0.15, -0.1) is 0 Å². The Kier molecular flexibility index (Phi) is 3.75. The van der Waals surface area contributed by atoms with Gasteiger partial charge >= 0.3 is 0 Å². The Hall–Kier alpha value is -2.43. The van der Waals surface area contributed by atoms with Gasteiger partial charge in [-0.3, -0.25) is 4.98 Å². The highest BCUT2D eigenvalue weighted by molar-refractivity contribution is 5.85. The summed E-state index contributed by atoms with van der Waals surface area (Å²) in [6.45, 7) is 2.41. The molecule has 2 aromatic rings. The number of pyridine rings is 1. The minimum absolute atomic E-state index is 0.443. The number of aromatic nitrogens is 1. The summed E-state index contributed by atoms with van der Waals surface area (Å²) in [5.41, 5.74) is 14.5. The van der Waals surface area contributed by atoms with Crippen LogP contribution < -0.4 is 20.9 Å². The van der Waals surface area contributed by atoms with Crippen LogP contribution >= 0.6 is 0 Å². The van der Waals surface area contributed by atoms with Crippen molar-refractivity contribution in [3.63, 3.8) is 0 Å². The lowest BCUT2D eigenvalue weighted by atomic mass is 10.0. The molecule has 0 radical (unpaired) electrons. The molecule has 5 nitrogen and oxygen atoms in total. The van der Waals surface area contributed by atoms with Crippen LogP contribution in [-0.4, -0.2) is 18.7 Å². The van der Waals surface area contributed by atoms with Gasteiger partial charge in [0.1, 0.15) is 5.75 Å². The molecule has 0 amide bonds. The average Bonchev–Trinajstić information content (AvgIpc) is 2.44. The quantitative estimate of drug-likeness (QED) is 0.823. The fourth-order valence-electron chi connectivity index (χ4n) is 1.89. The number of ether oxygens (including phenoxy) is 2. The Labute approximate surface area is 112 Å². The maximum Gasteiger partial charge on any atom is 0.152 e. The van der Waals surface area contributed by atoms with E-state index in [2.05, 4.69) is 4.98 Å². The normalized spacial score (nSPS) is 10.2. The number of nitrogen functional groups attached to an aromatic ring is 2. The van der Waals surface area contributed by atoms with Crippen molar-refractivity contribution in [1.82, 2.24) is 4.98 Å². The highest BCUT2D eigenvalue weighted by Crippen LogP contribution is 2.41. The molecule has 0 saturated heterocycles. The average molecular weight is 259 g/mol. The highest BCUT2D eigenvalue weighted by atomic mass is 16.5. The number of nitrogens with two attached hydrogens (primary N) is 2. The first-order valence-electron chi connectivity index (χ1n) is 5.98. The third-order valence-electron chi connectivity index (χ3n) is 2.81. The minimum atomic E-state index is 0.443. The van der Waals surface area contributed by atoms with Crippen LogP contribution in [-0.2, 0) is 0 Å². The fourth-order valence-corrected chi connectivity index (χ4v) is 1.89. The summed E-state index contributed by atoms with van der Waals surface area (Å²) in [4.78, 5) is 4.04. The SMILES string of the molecule is CCOc1c(-c2ccncc2OC)ccc(N)c1N. The van der Waals surface area contributed by atoms with Gasteiger partial charge in [0.15, 0.2) is 5.75 Å². The number of anilines is 2. The van der Waals surface area contributed by atoms with E-state index in [1.165, 1.54) is 0 Å². The lowest BCUT2D eigenvalue weighted by molar-refractivity contribution is 0.343. The van der Waals surface area contributed by atoms with Crippen molar-refractivity contribution < 1.29 is 9.47 Å². The summed E-state index contributed by atoms with van der Waals surface area (Å²) >= 11 is 0. The molecule has 1 aromatic heterocycles. The number of rotatable bonds is 4. The highest BCUT2D eigenvalue weighted by Gasteiger charge is 2.15. The maximum atomic E-state index is 5.99. The molecular weight excluding hydrogens is 242 g/mol. The Morgan fingerprint density at radius 3 is 2.63 bits per heavy atom. The summed E-state index contributed by atoms with van der Waals surface area (Å²) in [6.07, 6.45) is 3.34. The first kappa shape index (κ1) is 13.0. The van der Waals surface area contributed by atoms with E-state index in [-0.39, 0.29) is 0 Å². The second-order valence-corrected chi connectivity index (χ2v) is 3.95. The Morgan fingerprint density at radius 2 is 1.95 bits per heavy atom. The van der Waals surface area contributed by atoms with Gasteiger partial charge in [0.05, 0.1) is 31.3 Å². The summed E-state index contributed by atoms with van der Waals surface area (Å²) < 4.78 is 10.9. The van der Waals surface area contributed by atoms with Gasteiger partial charge in [-0.25, -0.2) is 0 Å². The largest absolute Gasteiger partial charge is 0.494 e. The topological polar surface area (TPSA) is 83.4 Å². The third-order valence-corrected chi connectivity index (χ3v) is 2.81. The molecule has 4 N–H and O–H groups in total. The minimum Gasteiger partial charge on any atom is -0.494 e. The van der Waals surface area contributed by atoms with Crippen LogP contribution in [0.2, 0.25) is 0 Å². The zero-order chi connectivity index (χ0) is 13.8. The van der Waals surface area contributed by atoms with Gasteiger partial charge in [-0.05, 0) is 25.1 Å². The number of hydrogen-bond acceptors (Lipinski definition) is 5. The lowest BCUT2D eigenvalue weighted by Gasteiger charge is -2.16. The van der Waals surface area contributed by atoms with Crippen LogP contribution in [0, 0.1) is 0 Å². The standard InChI is InChI=1S/C14H17N3O2/c1-3-19-14-10(4-5-11(15)13(14)16)9-6-7-17-8-12(9)18-2/h4-8H,3,15-16H2,1-2H3. The van der Waals surface area contributed by atoms with Gasteiger partial charge in [-0.1, -0.05) is 0 Å². The molecule has 1 heterocycles. The summed E-state index contributed by atoms with van der Waals surface area (Å²) in [5, 5.41) is 0. The van der Waals surface area contributed by atoms with E-state index >= 15 is 0 Å². The maximum absolute atomic E-state index is 5.99. The molecule has 0 spiro atoms. The van der Waals surface area contributed by atoms with Crippen molar-refractivity contribution in [2.24, 2.45) is 0 Å². The Bertz CT molecular complexity index is 585. The van der Waals surface area contributed by atoms with Gasteiger partial charge in [0, 0.05) is 17.3 Å². The number of hydrogen-bond donors (Lipinski definition) is 2. The van der Waals surface area contributed by atoms with E-state index in [0.717, 1.165) is 11.1 Å². The van der Waals surface area contributed by atoms with Crippen molar-refractivity contribution in [2.75, 3.05) is 25.2 Å². The van der Waals surface area contributed by atoms with Gasteiger partial charge in [-0.2, -0.15) is 0 Å². The van der Waals surface area contributed by atoms with Crippen LogP contribution in [0.4, 0.5) is 11.4 Å². The van der Waals surface area contributed by atoms with E-state index < -0.39 is 0 Å². The van der Waals surface area contributed by atoms with Crippen LogP contribution in [0.1, 0.15) is 6.92 Å². The first-order valence-corrected chi connectivity index (χ1v) is 5.98. The van der Waals surface area contributed by atoms with Crippen LogP contribution in [0.5, 0.6) is 11.5 Å². The molecule has 0 aliphatic rings. The van der Waals surface area contributed by atoms with Crippen molar-refractivity contribution in [2.45, 2.75) is 6.92 Å². The molecule has 0 atom stereocenters. The second-order valence-electron chi connectivity index (χ2n) is 3.95. The Morgan fingerprint density at radius 1 is 1.16 bits per heavy atom. The molecule has 19 heavy (non-hydrogen) atoms. The molecule has 0 unspecified atom stereocenters. The van der Waals surface area contributed by atoms with Crippen LogP contribution in [0.25, 0.3) is 11.1 Å². The molecule has 0 bridgehead atoms. The summed E-state index contributed by atoms with van der Waals surface area (Å²) in [5.74, 6) is 1.24. The fraction of sp³-hybridized carbons (Fsp3) is 0.214. The molecule has 2 rings (SSSR count). The predicted molar refractivity (Wildman–Crippen MR) is 76.2 cm³/mol. The van der Waals surface area contributed by atoms with Gasteiger partial charge < -0.3 is 20.9 Å². The second kappa shape index (κ2) is 5.48. The molecule has 0 aliphatic heterocycles. The summed E-state index contributed by atoms with van der Waals surface area (Å²) in [7, 11) is 1.60. The number of methoxy groups -OCH3 is 1. The van der Waals surface area contributed by atoms with E-state index in [0.29, 0.717) is 29.5 Å². The van der Waals surface area contributed by atoms with Crippen LogP contribution in [0.15, 0.2) is 30.6 Å². The number of nitrogens with zero attached hydrogens (tertiary/aromatic N) is 1. The van der Waals surface area contributed by atoms with Crippen molar-refractivity contribution in [3.8, 4) is 22.6 Å². The van der Waals surface area contributed by atoms with Gasteiger partial charge in [0.25, 0.3) is 0 Å². The predicted octanol–water partition coefficient (Wildman–Crippen LogP) is 2.32. The van der Waals surface area contributed by atoms with Crippen LogP contribution in [0.3, 0.4) is 0 Å². The Balaban J connectivity index is 2.64. The molecule has 0 aliphatic carbocycles. The van der Waals surface area contributed by atoms with E-state index in [1.807, 2.05) is 19.1 Å². The van der Waals surface area contributed by atoms with Gasteiger partial charge in [0.2, 0.25) is 0 Å². The lowest BCUT2D eigenvalue weighted by Crippen LogP contribution is -2.03. The third kappa shape index (κ3) is 2.40. The monoisotopic (exact) mass is 259 g/mol. The van der Waals surface area contributed by atoms with Crippen molar-refractivity contribution >= 4 is 11.4 Å². The van der Waals surface area contributed by atoms with Crippen molar-refractivity contribution in [3.05, 3.63) is 30.6 Å². The van der Waals surface area contributed by atoms with Crippen molar-refractivity contribution in [1.29, 1.82) is 0 Å². The smallest absolute Gasteiger partial charge is 0.152 e. The molecular formula is C14H17N3O2. The zero-order valence-electron chi connectivity index (χ0n) is 11.0. The molecule has 5 heteroatoms. The molecule has 100 valence electrons. The molecule has 0 fully saturated rings.